The summed E-state index contributed by atoms with van der Waals surface area (Å²) in [6.07, 6.45) is 2.94. The van der Waals surface area contributed by atoms with Crippen LogP contribution in [0.25, 0.3) is 0 Å². The molecule has 2 heterocycles. The van der Waals surface area contributed by atoms with Crippen LogP contribution in [0.3, 0.4) is 0 Å². The van der Waals surface area contributed by atoms with E-state index in [1.165, 1.54) is 24.3 Å². The fraction of sp³-hybridized carbons (Fsp3) is 0.412. The van der Waals surface area contributed by atoms with E-state index in [2.05, 4.69) is 10.3 Å². The molecule has 0 aliphatic carbocycles. The second-order valence-corrected chi connectivity index (χ2v) is 5.86. The van der Waals surface area contributed by atoms with Crippen LogP contribution in [-0.2, 0) is 11.8 Å². The first kappa shape index (κ1) is 19.2. The Bertz CT molecular complexity index is 707. The van der Waals surface area contributed by atoms with E-state index in [1.54, 1.807) is 18.0 Å². The summed E-state index contributed by atoms with van der Waals surface area (Å²) in [6.45, 7) is 3.69. The monoisotopic (exact) mass is 368 g/mol. The average molecular weight is 369 g/mol. The van der Waals surface area contributed by atoms with Crippen molar-refractivity contribution in [3.8, 4) is 5.75 Å². The van der Waals surface area contributed by atoms with Gasteiger partial charge in [0.05, 0.1) is 0 Å². The van der Waals surface area contributed by atoms with E-state index in [0.29, 0.717) is 18.8 Å². The van der Waals surface area contributed by atoms with Gasteiger partial charge in [0.25, 0.3) is 5.91 Å². The number of nitrogens with zero attached hydrogens (tertiary/aromatic N) is 3. The van der Waals surface area contributed by atoms with E-state index in [-0.39, 0.29) is 30.2 Å². The first-order chi connectivity index (χ1) is 11.6. The van der Waals surface area contributed by atoms with E-state index in [4.69, 9.17) is 4.74 Å². The van der Waals surface area contributed by atoms with E-state index in [9.17, 15) is 9.18 Å². The van der Waals surface area contributed by atoms with Crippen molar-refractivity contribution in [2.45, 2.75) is 19.1 Å². The number of amides is 1. The zero-order valence-corrected chi connectivity index (χ0v) is 15.0. The van der Waals surface area contributed by atoms with Crippen LogP contribution in [0.1, 0.15) is 18.8 Å². The zero-order chi connectivity index (χ0) is 17.1. The molecular weight excluding hydrogens is 347 g/mol. The zero-order valence-electron chi connectivity index (χ0n) is 14.2. The number of nitrogens with one attached hydrogen (secondary N) is 1. The molecule has 2 atom stereocenters. The Morgan fingerprint density at radius 3 is 2.76 bits per heavy atom. The lowest BCUT2D eigenvalue weighted by Gasteiger charge is -2.37. The molecule has 1 aliphatic heterocycles. The van der Waals surface area contributed by atoms with Crippen LogP contribution in [0.2, 0.25) is 0 Å². The summed E-state index contributed by atoms with van der Waals surface area (Å²) in [5.74, 6) is 0.873. The smallest absolute Gasteiger partial charge is 0.264 e. The maximum Gasteiger partial charge on any atom is 0.264 e. The van der Waals surface area contributed by atoms with Crippen LogP contribution in [0.15, 0.2) is 36.7 Å². The maximum atomic E-state index is 13.0. The van der Waals surface area contributed by atoms with Crippen molar-refractivity contribution in [1.82, 2.24) is 19.8 Å². The Morgan fingerprint density at radius 1 is 1.40 bits per heavy atom. The minimum absolute atomic E-state index is 0. The molecule has 0 bridgehead atoms. The highest BCUT2D eigenvalue weighted by Crippen LogP contribution is 2.22. The molecule has 8 heteroatoms. The van der Waals surface area contributed by atoms with Crippen LogP contribution >= 0.6 is 12.4 Å². The number of aromatic nitrogens is 2. The van der Waals surface area contributed by atoms with Crippen LogP contribution in [0, 0.1) is 5.82 Å². The van der Waals surface area contributed by atoms with E-state index >= 15 is 0 Å². The van der Waals surface area contributed by atoms with Crippen molar-refractivity contribution >= 4 is 18.3 Å². The summed E-state index contributed by atoms with van der Waals surface area (Å²) < 4.78 is 20.6. The molecular formula is C17H22ClFN4O2. The number of aryl methyl sites for hydroxylation is 1. The molecule has 0 saturated carbocycles. The van der Waals surface area contributed by atoms with E-state index < -0.39 is 6.10 Å². The van der Waals surface area contributed by atoms with Gasteiger partial charge in [-0.2, -0.15) is 0 Å². The standard InChI is InChI=1S/C17H21FN4O2.ClH/c1-12(24-14-5-3-13(18)4-6-14)17(23)22-10-7-19-11-15(22)16-20-8-9-21(16)2;/h3-6,8-9,12,15,19H,7,10-11H2,1-2H3;1H. The molecule has 0 radical (unpaired) electrons. The van der Waals surface area contributed by atoms with Gasteiger partial charge in [-0.15, -0.1) is 12.4 Å². The minimum Gasteiger partial charge on any atom is -0.481 e. The third kappa shape index (κ3) is 4.29. The van der Waals surface area contributed by atoms with Gasteiger partial charge in [0.15, 0.2) is 6.10 Å². The molecule has 0 spiro atoms. The fourth-order valence-electron chi connectivity index (χ4n) is 2.90. The number of hydrogen-bond donors (Lipinski definition) is 1. The highest BCUT2D eigenvalue weighted by atomic mass is 35.5. The summed E-state index contributed by atoms with van der Waals surface area (Å²) in [6, 6.07) is 5.54. The number of rotatable bonds is 4. The molecule has 2 aromatic rings. The Morgan fingerprint density at radius 2 is 2.12 bits per heavy atom. The number of hydrogen-bond acceptors (Lipinski definition) is 4. The number of benzene rings is 1. The fourth-order valence-corrected chi connectivity index (χ4v) is 2.90. The lowest BCUT2D eigenvalue weighted by atomic mass is 10.1. The third-order valence-corrected chi connectivity index (χ3v) is 4.16. The number of imidazole rings is 1. The molecule has 3 rings (SSSR count). The molecule has 1 amide bonds. The van der Waals surface area contributed by atoms with Crippen molar-refractivity contribution in [2.24, 2.45) is 7.05 Å². The van der Waals surface area contributed by atoms with E-state index in [0.717, 1.165) is 12.4 Å². The number of halogens is 2. The second-order valence-electron chi connectivity index (χ2n) is 5.86. The van der Waals surface area contributed by atoms with Gasteiger partial charge in [-0.25, -0.2) is 9.37 Å². The molecule has 1 N–H and O–H groups in total. The number of ether oxygens (including phenoxy) is 1. The van der Waals surface area contributed by atoms with E-state index in [1.807, 2.05) is 17.8 Å². The molecule has 1 saturated heterocycles. The van der Waals surface area contributed by atoms with Crippen molar-refractivity contribution in [3.63, 3.8) is 0 Å². The number of piperazine rings is 1. The maximum absolute atomic E-state index is 13.0. The van der Waals surface area contributed by atoms with Gasteiger partial charge >= 0.3 is 0 Å². The molecule has 25 heavy (non-hydrogen) atoms. The van der Waals surface area contributed by atoms with Gasteiger partial charge < -0.3 is 19.5 Å². The van der Waals surface area contributed by atoms with Crippen LogP contribution in [0.4, 0.5) is 4.39 Å². The largest absolute Gasteiger partial charge is 0.481 e. The first-order valence-corrected chi connectivity index (χ1v) is 7.97. The minimum atomic E-state index is -0.656. The van der Waals surface area contributed by atoms with Gasteiger partial charge in [-0.3, -0.25) is 4.79 Å². The van der Waals surface area contributed by atoms with Gasteiger partial charge in [0.2, 0.25) is 0 Å². The molecule has 1 fully saturated rings. The summed E-state index contributed by atoms with van der Waals surface area (Å²) in [5.41, 5.74) is 0. The summed E-state index contributed by atoms with van der Waals surface area (Å²) >= 11 is 0. The second kappa shape index (κ2) is 8.31. The quantitative estimate of drug-likeness (QED) is 0.895. The number of carbonyl (C=O) groups excluding carboxylic acids is 1. The normalized spacial score (nSPS) is 18.4. The molecule has 1 aliphatic rings. The highest BCUT2D eigenvalue weighted by Gasteiger charge is 2.33. The van der Waals surface area contributed by atoms with Crippen molar-refractivity contribution < 1.29 is 13.9 Å². The Hall–Kier alpha value is -2.12. The average Bonchev–Trinajstić information content (AvgIpc) is 3.02. The Kier molecular flexibility index (Phi) is 6.39. The lowest BCUT2D eigenvalue weighted by molar-refractivity contribution is -0.141. The molecule has 1 aromatic carbocycles. The summed E-state index contributed by atoms with van der Waals surface area (Å²) in [7, 11) is 1.91. The van der Waals surface area contributed by atoms with Gasteiger partial charge in [0, 0.05) is 39.1 Å². The van der Waals surface area contributed by atoms with Gasteiger partial charge in [-0.05, 0) is 31.2 Å². The lowest BCUT2D eigenvalue weighted by Crippen LogP contribution is -2.52. The van der Waals surface area contributed by atoms with Crippen molar-refractivity contribution in [3.05, 3.63) is 48.3 Å². The van der Waals surface area contributed by atoms with Gasteiger partial charge in [0.1, 0.15) is 23.4 Å². The topological polar surface area (TPSA) is 59.4 Å². The van der Waals surface area contributed by atoms with Gasteiger partial charge in [-0.1, -0.05) is 0 Å². The number of carbonyl (C=O) groups is 1. The third-order valence-electron chi connectivity index (χ3n) is 4.16. The summed E-state index contributed by atoms with van der Waals surface area (Å²) in [4.78, 5) is 19.0. The Labute approximate surface area is 152 Å². The van der Waals surface area contributed by atoms with Crippen LogP contribution in [-0.4, -0.2) is 46.1 Å². The molecule has 6 nitrogen and oxygen atoms in total. The molecule has 2 unspecified atom stereocenters. The Balaban J connectivity index is 0.00000225. The van der Waals surface area contributed by atoms with Crippen LogP contribution < -0.4 is 10.1 Å². The van der Waals surface area contributed by atoms with Crippen molar-refractivity contribution in [2.75, 3.05) is 19.6 Å². The predicted octanol–water partition coefficient (Wildman–Crippen LogP) is 1.92. The molecule has 1 aromatic heterocycles. The highest BCUT2D eigenvalue weighted by molar-refractivity contribution is 5.85. The predicted molar refractivity (Wildman–Crippen MR) is 94.3 cm³/mol. The summed E-state index contributed by atoms with van der Waals surface area (Å²) in [5, 5.41) is 3.30. The first-order valence-electron chi connectivity index (χ1n) is 7.97. The molecule has 136 valence electrons. The van der Waals surface area contributed by atoms with Crippen molar-refractivity contribution in [1.29, 1.82) is 0 Å². The van der Waals surface area contributed by atoms with Crippen LogP contribution in [0.5, 0.6) is 5.75 Å². The SMILES string of the molecule is CC(Oc1ccc(F)cc1)C(=O)N1CCNCC1c1nccn1C.Cl.